The lowest BCUT2D eigenvalue weighted by molar-refractivity contribution is 0.0458. The molecule has 3 nitrogen and oxygen atoms in total. The molecule has 1 aliphatic heterocycles. The molecule has 3 heteroatoms. The van der Waals surface area contributed by atoms with Gasteiger partial charge >= 0.3 is 0 Å². The van der Waals surface area contributed by atoms with E-state index in [1.807, 2.05) is 6.07 Å². The molecule has 3 atom stereocenters. The van der Waals surface area contributed by atoms with Gasteiger partial charge in [0.1, 0.15) is 0 Å². The first-order chi connectivity index (χ1) is 10.2. The lowest BCUT2D eigenvalue weighted by Crippen LogP contribution is -2.58. The summed E-state index contributed by atoms with van der Waals surface area (Å²) in [4.78, 5) is 2.50. The SMILES string of the molecule is COc1ccc2c(c1O)[C@@]13CCC=CC1[C@@H](C2)N(C)CC3. The van der Waals surface area contributed by atoms with Gasteiger partial charge < -0.3 is 14.7 Å². The van der Waals surface area contributed by atoms with E-state index in [9.17, 15) is 5.11 Å². The lowest BCUT2D eigenvalue weighted by Gasteiger charge is -2.56. The third kappa shape index (κ3) is 1.64. The van der Waals surface area contributed by atoms with Crippen LogP contribution in [0, 0.1) is 5.92 Å². The molecule has 0 radical (unpaired) electrons. The number of phenols is 1. The summed E-state index contributed by atoms with van der Waals surface area (Å²) >= 11 is 0. The quantitative estimate of drug-likeness (QED) is 0.805. The molecule has 1 unspecified atom stereocenters. The van der Waals surface area contributed by atoms with E-state index in [2.05, 4.69) is 30.2 Å². The molecule has 21 heavy (non-hydrogen) atoms. The number of nitrogens with zero attached hydrogens (tertiary/aromatic N) is 1. The van der Waals surface area contributed by atoms with Gasteiger partial charge in [0.15, 0.2) is 11.5 Å². The number of rotatable bonds is 1. The minimum Gasteiger partial charge on any atom is -0.504 e. The number of fused-ring (bicyclic) bond motifs is 1. The van der Waals surface area contributed by atoms with Crippen LogP contribution in [0.1, 0.15) is 30.4 Å². The Balaban J connectivity index is 1.96. The highest BCUT2D eigenvalue weighted by Crippen LogP contribution is 2.57. The Morgan fingerprint density at radius 3 is 3.00 bits per heavy atom. The van der Waals surface area contributed by atoms with E-state index in [4.69, 9.17) is 4.74 Å². The van der Waals surface area contributed by atoms with Crippen LogP contribution in [0.2, 0.25) is 0 Å². The Kier molecular flexibility index (Phi) is 2.83. The van der Waals surface area contributed by atoms with Gasteiger partial charge in [0.25, 0.3) is 0 Å². The van der Waals surface area contributed by atoms with E-state index < -0.39 is 0 Å². The normalized spacial score (nSPS) is 34.2. The van der Waals surface area contributed by atoms with Crippen molar-refractivity contribution in [3.63, 3.8) is 0 Å². The van der Waals surface area contributed by atoms with Gasteiger partial charge in [0, 0.05) is 22.9 Å². The number of phenolic OH excluding ortho intramolecular Hbond substituents is 1. The molecule has 112 valence electrons. The van der Waals surface area contributed by atoms with Crippen molar-refractivity contribution in [2.45, 2.75) is 37.1 Å². The average molecular weight is 285 g/mol. The number of ether oxygens (including phenoxy) is 1. The fourth-order valence-electron chi connectivity index (χ4n) is 4.97. The zero-order chi connectivity index (χ0) is 14.6. The molecule has 1 N–H and O–H groups in total. The minimum absolute atomic E-state index is 0.109. The summed E-state index contributed by atoms with van der Waals surface area (Å²) in [6, 6.07) is 4.64. The Bertz CT molecular complexity index is 609. The fraction of sp³-hybridized carbons (Fsp3) is 0.556. The molecule has 3 aliphatic rings. The van der Waals surface area contributed by atoms with Crippen molar-refractivity contribution >= 4 is 0 Å². The monoisotopic (exact) mass is 285 g/mol. The first-order valence-electron chi connectivity index (χ1n) is 7.93. The summed E-state index contributed by atoms with van der Waals surface area (Å²) in [7, 11) is 3.88. The molecule has 1 aromatic rings. The van der Waals surface area contributed by atoms with Gasteiger partial charge in [-0.25, -0.2) is 0 Å². The predicted molar refractivity (Wildman–Crippen MR) is 82.9 cm³/mol. The number of likely N-dealkylation sites (tertiary alicyclic amines) is 1. The second kappa shape index (κ2) is 4.51. The zero-order valence-corrected chi connectivity index (χ0v) is 12.8. The largest absolute Gasteiger partial charge is 0.504 e. The highest BCUT2D eigenvalue weighted by molar-refractivity contribution is 5.57. The standard InChI is InChI=1S/C18H23NO2/c1-19-10-9-18-8-4-3-5-13(18)14(19)11-12-6-7-15(21-2)17(20)16(12)18/h3,5-7,13-14,20H,4,8-11H2,1-2H3/t13?,14-,18-/m1/s1. The van der Waals surface area contributed by atoms with Crippen LogP contribution in [0.3, 0.4) is 0 Å². The highest BCUT2D eigenvalue weighted by atomic mass is 16.5. The number of aromatic hydroxyl groups is 1. The van der Waals surface area contributed by atoms with E-state index in [1.54, 1.807) is 7.11 Å². The van der Waals surface area contributed by atoms with Crippen LogP contribution in [-0.4, -0.2) is 36.8 Å². The molecule has 2 aliphatic carbocycles. The van der Waals surface area contributed by atoms with Crippen LogP contribution >= 0.6 is 0 Å². The second-order valence-electron chi connectivity index (χ2n) is 6.80. The average Bonchev–Trinajstić information content (AvgIpc) is 2.51. The smallest absolute Gasteiger partial charge is 0.161 e. The summed E-state index contributed by atoms with van der Waals surface area (Å²) in [6.45, 7) is 1.12. The highest BCUT2D eigenvalue weighted by Gasteiger charge is 2.53. The van der Waals surface area contributed by atoms with Gasteiger partial charge in [-0.2, -0.15) is 0 Å². The van der Waals surface area contributed by atoms with Crippen molar-refractivity contribution in [1.29, 1.82) is 0 Å². The predicted octanol–water partition coefficient (Wildman–Crippen LogP) is 2.87. The van der Waals surface area contributed by atoms with Crippen LogP contribution in [0.25, 0.3) is 0 Å². The molecule has 1 heterocycles. The molecule has 0 aromatic heterocycles. The molecule has 2 bridgehead atoms. The maximum absolute atomic E-state index is 10.8. The third-order valence-electron chi connectivity index (χ3n) is 6.00. The number of benzene rings is 1. The zero-order valence-electron chi connectivity index (χ0n) is 12.8. The van der Waals surface area contributed by atoms with E-state index in [1.165, 1.54) is 11.1 Å². The fourth-order valence-corrected chi connectivity index (χ4v) is 4.97. The maximum Gasteiger partial charge on any atom is 0.161 e. The summed E-state index contributed by atoms with van der Waals surface area (Å²) in [5.41, 5.74) is 2.61. The molecule has 0 spiro atoms. The van der Waals surface area contributed by atoms with Crippen LogP contribution < -0.4 is 4.74 Å². The minimum atomic E-state index is 0.109. The maximum atomic E-state index is 10.8. The second-order valence-corrected chi connectivity index (χ2v) is 6.80. The molecule has 0 saturated carbocycles. The van der Waals surface area contributed by atoms with Gasteiger partial charge in [0.05, 0.1) is 7.11 Å². The lowest BCUT2D eigenvalue weighted by atomic mass is 9.54. The summed E-state index contributed by atoms with van der Waals surface area (Å²) in [5, 5.41) is 10.8. The van der Waals surface area contributed by atoms with Crippen LogP contribution in [0.5, 0.6) is 11.5 Å². The van der Waals surface area contributed by atoms with E-state index >= 15 is 0 Å². The van der Waals surface area contributed by atoms with E-state index in [-0.39, 0.29) is 5.41 Å². The number of piperidine rings is 1. The Morgan fingerprint density at radius 2 is 2.19 bits per heavy atom. The molecule has 1 aromatic carbocycles. The topological polar surface area (TPSA) is 32.7 Å². The van der Waals surface area contributed by atoms with Gasteiger partial charge in [-0.1, -0.05) is 18.2 Å². The van der Waals surface area contributed by atoms with Crippen molar-refractivity contribution in [1.82, 2.24) is 4.90 Å². The van der Waals surface area contributed by atoms with Crippen LogP contribution in [0.4, 0.5) is 0 Å². The van der Waals surface area contributed by atoms with E-state index in [0.717, 1.165) is 32.2 Å². The Morgan fingerprint density at radius 1 is 1.33 bits per heavy atom. The molecular formula is C18H23NO2. The number of allylic oxidation sites excluding steroid dienone is 1. The Hall–Kier alpha value is -1.48. The number of hydrogen-bond acceptors (Lipinski definition) is 3. The number of methoxy groups -OCH3 is 1. The van der Waals surface area contributed by atoms with Crippen molar-refractivity contribution in [2.75, 3.05) is 20.7 Å². The summed E-state index contributed by atoms with van der Waals surface area (Å²) in [5.74, 6) is 1.53. The van der Waals surface area contributed by atoms with Gasteiger partial charge in [-0.05, 0) is 50.9 Å². The van der Waals surface area contributed by atoms with Gasteiger partial charge in [-0.15, -0.1) is 0 Å². The first-order valence-corrected chi connectivity index (χ1v) is 7.93. The van der Waals surface area contributed by atoms with Crippen molar-refractivity contribution < 1.29 is 9.84 Å². The number of likely N-dealkylation sites (N-methyl/N-ethyl adjacent to an activating group) is 1. The van der Waals surface area contributed by atoms with E-state index in [0.29, 0.717) is 23.5 Å². The molecule has 4 rings (SSSR count). The van der Waals surface area contributed by atoms with Crippen LogP contribution in [-0.2, 0) is 11.8 Å². The molecule has 1 saturated heterocycles. The van der Waals surface area contributed by atoms with Gasteiger partial charge in [-0.3, -0.25) is 0 Å². The Labute approximate surface area is 126 Å². The van der Waals surface area contributed by atoms with Gasteiger partial charge in [0.2, 0.25) is 0 Å². The molecule has 1 fully saturated rings. The van der Waals surface area contributed by atoms with Crippen molar-refractivity contribution in [3.8, 4) is 11.5 Å². The third-order valence-corrected chi connectivity index (χ3v) is 6.00. The van der Waals surface area contributed by atoms with Crippen molar-refractivity contribution in [3.05, 3.63) is 35.4 Å². The number of hydrogen-bond donors (Lipinski definition) is 1. The summed E-state index contributed by atoms with van der Waals surface area (Å²) in [6.07, 6.45) is 9.15. The first kappa shape index (κ1) is 13.2. The van der Waals surface area contributed by atoms with Crippen LogP contribution in [0.15, 0.2) is 24.3 Å². The molecule has 0 amide bonds. The summed E-state index contributed by atoms with van der Waals surface area (Å²) < 4.78 is 5.37. The molecular weight excluding hydrogens is 262 g/mol. The van der Waals surface area contributed by atoms with Crippen molar-refractivity contribution in [2.24, 2.45) is 5.92 Å².